The Morgan fingerprint density at radius 2 is 1.83 bits per heavy atom. The van der Waals surface area contributed by atoms with Crippen LogP contribution in [0.25, 0.3) is 0 Å². The van der Waals surface area contributed by atoms with Gasteiger partial charge >= 0.3 is 5.97 Å². The highest BCUT2D eigenvalue weighted by molar-refractivity contribution is 5.97. The number of non-ortho nitro benzene ring substituents is 1. The predicted octanol–water partition coefficient (Wildman–Crippen LogP) is 4.31. The van der Waals surface area contributed by atoms with Crippen LogP contribution in [-0.2, 0) is 4.74 Å². The smallest absolute Gasteiger partial charge is 0.339 e. The number of carbonyl (C=O) groups excluding carboxylic acids is 2. The number of pyridine rings is 1. The first-order chi connectivity index (χ1) is 17.5. The average Bonchev–Trinajstić information content (AvgIpc) is 3.16. The van der Waals surface area contributed by atoms with Crippen molar-refractivity contribution in [1.82, 2.24) is 9.88 Å². The second-order valence-corrected chi connectivity index (χ2v) is 8.11. The number of amides is 1. The summed E-state index contributed by atoms with van der Waals surface area (Å²) in [5.74, 6) is 0.724. The molecular weight excluding hydrogens is 464 g/mol. The van der Waals surface area contributed by atoms with Gasteiger partial charge in [-0.15, -0.1) is 0 Å². The number of hydrogen-bond donors (Lipinski definition) is 0. The van der Waals surface area contributed by atoms with Gasteiger partial charge in [-0.2, -0.15) is 0 Å². The normalized spacial score (nSPS) is 13.6. The molecule has 0 bridgehead atoms. The molecule has 3 aromatic rings. The zero-order chi connectivity index (χ0) is 25.5. The van der Waals surface area contributed by atoms with Crippen molar-refractivity contribution in [3.8, 4) is 11.5 Å². The molecule has 0 N–H and O–H groups in total. The van der Waals surface area contributed by atoms with Crippen LogP contribution in [0, 0.1) is 10.1 Å². The zero-order valence-corrected chi connectivity index (χ0v) is 19.8. The molecule has 0 saturated carbocycles. The Balaban J connectivity index is 1.50. The number of aromatic nitrogens is 1. The summed E-state index contributed by atoms with van der Waals surface area (Å²) in [6.45, 7) is 4.09. The first-order valence-corrected chi connectivity index (χ1v) is 11.6. The highest BCUT2D eigenvalue weighted by atomic mass is 16.6. The number of nitro benzene ring substituents is 1. The fourth-order valence-electron chi connectivity index (χ4n) is 3.93. The Labute approximate surface area is 208 Å². The van der Waals surface area contributed by atoms with E-state index < -0.39 is 10.9 Å². The Morgan fingerprint density at radius 3 is 2.53 bits per heavy atom. The lowest BCUT2D eigenvalue weighted by Gasteiger charge is -2.23. The molecule has 0 unspecified atom stereocenters. The molecule has 186 valence electrons. The van der Waals surface area contributed by atoms with Gasteiger partial charge in [0.15, 0.2) is 0 Å². The molecule has 1 aromatic heterocycles. The van der Waals surface area contributed by atoms with Crippen molar-refractivity contribution in [2.75, 3.05) is 37.7 Å². The van der Waals surface area contributed by atoms with E-state index in [4.69, 9.17) is 9.47 Å². The van der Waals surface area contributed by atoms with E-state index in [2.05, 4.69) is 4.98 Å². The minimum Gasteiger partial charge on any atom is -0.462 e. The maximum atomic E-state index is 13.5. The molecule has 0 atom stereocenters. The Kier molecular flexibility index (Phi) is 7.74. The number of anilines is 1. The molecule has 1 aliphatic heterocycles. The standard InChI is InChI=1S/C26H26N4O6/c1-2-35-26(32)19-9-12-24(27-18-19)28-13-6-14-29(16-15-28)25(31)22-17-20(30(33)34)10-11-23(22)36-21-7-4-3-5-8-21/h3-5,7-12,17-18H,2,6,13-16H2,1H3. The Morgan fingerprint density at radius 1 is 1.03 bits per heavy atom. The molecule has 1 saturated heterocycles. The summed E-state index contributed by atoms with van der Waals surface area (Å²) >= 11 is 0. The van der Waals surface area contributed by atoms with Gasteiger partial charge in [0, 0.05) is 44.5 Å². The third-order valence-electron chi connectivity index (χ3n) is 5.74. The molecule has 2 aromatic carbocycles. The van der Waals surface area contributed by atoms with Gasteiger partial charge in [0.1, 0.15) is 17.3 Å². The van der Waals surface area contributed by atoms with Gasteiger partial charge in [-0.3, -0.25) is 14.9 Å². The third kappa shape index (κ3) is 5.77. The Bertz CT molecular complexity index is 1230. The second-order valence-electron chi connectivity index (χ2n) is 8.11. The second kappa shape index (κ2) is 11.3. The van der Waals surface area contributed by atoms with Gasteiger partial charge < -0.3 is 19.3 Å². The van der Waals surface area contributed by atoms with Crippen LogP contribution in [0.4, 0.5) is 11.5 Å². The molecule has 2 heterocycles. The van der Waals surface area contributed by atoms with Gasteiger partial charge in [0.2, 0.25) is 0 Å². The summed E-state index contributed by atoms with van der Waals surface area (Å²) in [6, 6.07) is 16.4. The van der Waals surface area contributed by atoms with Crippen molar-refractivity contribution in [2.24, 2.45) is 0 Å². The van der Waals surface area contributed by atoms with Crippen LogP contribution in [0.2, 0.25) is 0 Å². The number of ether oxygens (including phenoxy) is 2. The van der Waals surface area contributed by atoms with Crippen molar-refractivity contribution in [3.63, 3.8) is 0 Å². The summed E-state index contributed by atoms with van der Waals surface area (Å²) < 4.78 is 10.9. The molecule has 0 spiro atoms. The van der Waals surface area contributed by atoms with E-state index in [1.54, 1.807) is 48.2 Å². The van der Waals surface area contributed by atoms with Crippen molar-refractivity contribution >= 4 is 23.4 Å². The fraction of sp³-hybridized carbons (Fsp3) is 0.269. The first kappa shape index (κ1) is 24.6. The van der Waals surface area contributed by atoms with E-state index in [0.29, 0.717) is 56.3 Å². The van der Waals surface area contributed by atoms with Crippen LogP contribution in [0.5, 0.6) is 11.5 Å². The van der Waals surface area contributed by atoms with Gasteiger partial charge in [-0.1, -0.05) is 18.2 Å². The number of hydrogen-bond acceptors (Lipinski definition) is 8. The average molecular weight is 491 g/mol. The van der Waals surface area contributed by atoms with Gasteiger partial charge in [-0.05, 0) is 43.7 Å². The van der Waals surface area contributed by atoms with E-state index in [0.717, 1.165) is 0 Å². The van der Waals surface area contributed by atoms with Gasteiger partial charge in [-0.25, -0.2) is 9.78 Å². The molecule has 0 aliphatic carbocycles. The van der Waals surface area contributed by atoms with Gasteiger partial charge in [0.05, 0.1) is 22.7 Å². The van der Waals surface area contributed by atoms with E-state index in [1.165, 1.54) is 24.4 Å². The summed E-state index contributed by atoms with van der Waals surface area (Å²) in [7, 11) is 0. The van der Waals surface area contributed by atoms with Crippen molar-refractivity contribution in [3.05, 3.63) is 88.1 Å². The fourth-order valence-corrected chi connectivity index (χ4v) is 3.93. The zero-order valence-electron chi connectivity index (χ0n) is 19.8. The monoisotopic (exact) mass is 490 g/mol. The van der Waals surface area contributed by atoms with E-state index in [9.17, 15) is 19.7 Å². The summed E-state index contributed by atoms with van der Waals surface area (Å²) in [6.07, 6.45) is 2.16. The number of esters is 1. The molecule has 1 aliphatic rings. The van der Waals surface area contributed by atoms with Gasteiger partial charge in [0.25, 0.3) is 11.6 Å². The summed E-state index contributed by atoms with van der Waals surface area (Å²) in [5, 5.41) is 11.4. The van der Waals surface area contributed by atoms with Crippen LogP contribution >= 0.6 is 0 Å². The molecule has 4 rings (SSSR count). The topological polar surface area (TPSA) is 115 Å². The van der Waals surface area contributed by atoms with Crippen LogP contribution < -0.4 is 9.64 Å². The predicted molar refractivity (Wildman–Crippen MR) is 133 cm³/mol. The largest absolute Gasteiger partial charge is 0.462 e. The van der Waals surface area contributed by atoms with Crippen molar-refractivity contribution < 1.29 is 24.0 Å². The summed E-state index contributed by atoms with van der Waals surface area (Å²) in [5.41, 5.74) is 0.336. The molecule has 36 heavy (non-hydrogen) atoms. The molecule has 10 heteroatoms. The maximum Gasteiger partial charge on any atom is 0.339 e. The highest BCUT2D eigenvalue weighted by Gasteiger charge is 2.26. The minimum atomic E-state index is -0.529. The lowest BCUT2D eigenvalue weighted by atomic mass is 10.1. The van der Waals surface area contributed by atoms with E-state index in [-0.39, 0.29) is 22.9 Å². The number of carbonyl (C=O) groups is 2. The maximum absolute atomic E-state index is 13.5. The van der Waals surface area contributed by atoms with Crippen LogP contribution in [0.3, 0.4) is 0 Å². The number of nitrogens with zero attached hydrogens (tertiary/aromatic N) is 4. The van der Waals surface area contributed by atoms with E-state index >= 15 is 0 Å². The van der Waals surface area contributed by atoms with Crippen molar-refractivity contribution in [2.45, 2.75) is 13.3 Å². The Hall–Kier alpha value is -4.47. The first-order valence-electron chi connectivity index (χ1n) is 11.6. The molecule has 0 radical (unpaired) electrons. The van der Waals surface area contributed by atoms with Crippen LogP contribution in [0.1, 0.15) is 34.1 Å². The lowest BCUT2D eigenvalue weighted by molar-refractivity contribution is -0.384. The molecule has 10 nitrogen and oxygen atoms in total. The number of benzene rings is 2. The van der Waals surface area contributed by atoms with E-state index in [1.807, 2.05) is 11.0 Å². The minimum absolute atomic E-state index is 0.137. The molecule has 1 fully saturated rings. The molecule has 1 amide bonds. The quantitative estimate of drug-likeness (QED) is 0.273. The third-order valence-corrected chi connectivity index (χ3v) is 5.74. The SMILES string of the molecule is CCOC(=O)c1ccc(N2CCCN(C(=O)c3cc([N+](=O)[O-])ccc3Oc3ccccc3)CC2)nc1. The number of nitro groups is 1. The summed E-state index contributed by atoms with van der Waals surface area (Å²) in [4.78, 5) is 44.3. The van der Waals surface area contributed by atoms with Crippen LogP contribution in [-0.4, -0.2) is 59.5 Å². The molecular formula is C26H26N4O6. The number of rotatable bonds is 7. The van der Waals surface area contributed by atoms with Crippen LogP contribution in [0.15, 0.2) is 66.9 Å². The highest BCUT2D eigenvalue weighted by Crippen LogP contribution is 2.30. The van der Waals surface area contributed by atoms with Crippen molar-refractivity contribution in [1.29, 1.82) is 0 Å². The number of para-hydroxylation sites is 1. The lowest BCUT2D eigenvalue weighted by Crippen LogP contribution is -2.35.